The Morgan fingerprint density at radius 1 is 1.62 bits per heavy atom. The second-order valence-corrected chi connectivity index (χ2v) is 2.55. The number of nitrogens with zero attached hydrogens (tertiary/aromatic N) is 1. The maximum absolute atomic E-state index is 12.1. The van der Waals surface area contributed by atoms with Gasteiger partial charge in [0.25, 0.3) is 6.43 Å². The summed E-state index contributed by atoms with van der Waals surface area (Å²) in [6.07, 6.45) is -2.59. The van der Waals surface area contributed by atoms with Crippen LogP contribution < -0.4 is 0 Å². The van der Waals surface area contributed by atoms with Gasteiger partial charge in [-0.15, -0.1) is 0 Å². The number of aldehydes is 1. The van der Waals surface area contributed by atoms with E-state index in [9.17, 15) is 13.6 Å². The molecule has 0 spiro atoms. The van der Waals surface area contributed by atoms with Crippen LogP contribution in [0, 0.1) is 0 Å². The molecule has 3 nitrogen and oxygen atoms in total. The molecule has 1 aromatic rings. The fourth-order valence-electron chi connectivity index (χ4n) is 0.752. The molecular formula is C7H4ClF2NO2. The Labute approximate surface area is 77.0 Å². The number of carbonyl (C=O) groups is 1. The summed E-state index contributed by atoms with van der Waals surface area (Å²) >= 11 is 5.36. The van der Waals surface area contributed by atoms with E-state index in [0.29, 0.717) is 6.29 Å². The summed E-state index contributed by atoms with van der Waals surface area (Å²) in [6.45, 7) is 0. The first-order valence-electron chi connectivity index (χ1n) is 3.19. The third-order valence-corrected chi connectivity index (χ3v) is 1.65. The Morgan fingerprint density at radius 3 is 2.69 bits per heavy atom. The van der Waals surface area contributed by atoms with E-state index >= 15 is 0 Å². The molecule has 0 aliphatic rings. The number of pyridine rings is 1. The first-order valence-corrected chi connectivity index (χ1v) is 3.56. The van der Waals surface area contributed by atoms with Crippen molar-refractivity contribution in [3.63, 3.8) is 0 Å². The quantitative estimate of drug-likeness (QED) is 0.597. The Kier molecular flexibility index (Phi) is 2.77. The number of carbonyl (C=O) groups excluding carboxylic acids is 1. The van der Waals surface area contributed by atoms with Gasteiger partial charge < -0.3 is 5.11 Å². The van der Waals surface area contributed by atoms with Crippen LogP contribution in [0.15, 0.2) is 6.07 Å². The summed E-state index contributed by atoms with van der Waals surface area (Å²) in [5.41, 5.74) is -0.945. The fraction of sp³-hybridized carbons (Fsp3) is 0.143. The zero-order valence-corrected chi connectivity index (χ0v) is 6.92. The van der Waals surface area contributed by atoms with Gasteiger partial charge in [-0.25, -0.2) is 13.8 Å². The monoisotopic (exact) mass is 207 g/mol. The van der Waals surface area contributed by atoms with Gasteiger partial charge in [0.1, 0.15) is 16.6 Å². The highest BCUT2D eigenvalue weighted by atomic mass is 35.5. The number of hydrogen-bond donors (Lipinski definition) is 1. The lowest BCUT2D eigenvalue weighted by atomic mass is 10.2. The normalized spacial score (nSPS) is 10.5. The zero-order chi connectivity index (χ0) is 10.0. The number of aromatic nitrogens is 1. The summed E-state index contributed by atoms with van der Waals surface area (Å²) in [5.74, 6) is -0.735. The van der Waals surface area contributed by atoms with Gasteiger partial charge in [0.2, 0.25) is 0 Å². The highest BCUT2D eigenvalue weighted by Gasteiger charge is 2.17. The second kappa shape index (κ2) is 3.66. The standard InChI is InChI=1S/C7H4ClF2NO2/c8-6-3(2-12)1-4(13)5(11-6)7(9)10/h1-2,7,13H. The van der Waals surface area contributed by atoms with Crippen LogP contribution in [-0.2, 0) is 0 Å². The first kappa shape index (κ1) is 9.85. The molecule has 6 heteroatoms. The molecule has 13 heavy (non-hydrogen) atoms. The molecule has 70 valence electrons. The number of halogens is 3. The van der Waals surface area contributed by atoms with Crippen molar-refractivity contribution in [3.8, 4) is 5.75 Å². The summed E-state index contributed by atoms with van der Waals surface area (Å²) in [5, 5.41) is 8.61. The Balaban J connectivity index is 3.28. The molecule has 1 N–H and O–H groups in total. The van der Waals surface area contributed by atoms with Gasteiger partial charge in [-0.05, 0) is 6.07 Å². The third-order valence-electron chi connectivity index (χ3n) is 1.35. The zero-order valence-electron chi connectivity index (χ0n) is 6.17. The van der Waals surface area contributed by atoms with E-state index in [0.717, 1.165) is 6.07 Å². The lowest BCUT2D eigenvalue weighted by Gasteiger charge is -2.03. The minimum absolute atomic E-state index is 0.122. The maximum atomic E-state index is 12.1. The van der Waals surface area contributed by atoms with Crippen molar-refractivity contribution in [3.05, 3.63) is 22.5 Å². The topological polar surface area (TPSA) is 50.2 Å². The van der Waals surface area contributed by atoms with Gasteiger partial charge in [0, 0.05) is 0 Å². The van der Waals surface area contributed by atoms with Crippen LogP contribution in [0.3, 0.4) is 0 Å². The molecule has 0 bridgehead atoms. The fourth-order valence-corrected chi connectivity index (χ4v) is 0.942. The average molecular weight is 208 g/mol. The molecule has 0 radical (unpaired) electrons. The predicted octanol–water partition coefficient (Wildman–Crippen LogP) is 2.19. The van der Waals surface area contributed by atoms with Crippen LogP contribution in [0.4, 0.5) is 8.78 Å². The van der Waals surface area contributed by atoms with Gasteiger partial charge in [-0.2, -0.15) is 0 Å². The van der Waals surface area contributed by atoms with Crippen molar-refractivity contribution in [1.29, 1.82) is 0 Å². The van der Waals surface area contributed by atoms with Crippen molar-refractivity contribution < 1.29 is 18.7 Å². The Morgan fingerprint density at radius 2 is 2.23 bits per heavy atom. The number of aromatic hydroxyl groups is 1. The van der Waals surface area contributed by atoms with Gasteiger partial charge in [-0.3, -0.25) is 4.79 Å². The Hall–Kier alpha value is -1.23. The van der Waals surface area contributed by atoms with Crippen LogP contribution in [0.25, 0.3) is 0 Å². The minimum Gasteiger partial charge on any atom is -0.506 e. The van der Waals surface area contributed by atoms with Crippen molar-refractivity contribution in [2.45, 2.75) is 6.43 Å². The van der Waals surface area contributed by atoms with Gasteiger partial charge in [0.05, 0.1) is 5.56 Å². The molecular weight excluding hydrogens is 204 g/mol. The molecule has 0 aliphatic carbocycles. The second-order valence-electron chi connectivity index (χ2n) is 2.19. The van der Waals surface area contributed by atoms with Gasteiger partial charge in [0.15, 0.2) is 6.29 Å². The van der Waals surface area contributed by atoms with Crippen molar-refractivity contribution in [2.75, 3.05) is 0 Å². The number of hydrogen-bond acceptors (Lipinski definition) is 3. The van der Waals surface area contributed by atoms with E-state index in [2.05, 4.69) is 4.98 Å². The van der Waals surface area contributed by atoms with Gasteiger partial charge >= 0.3 is 0 Å². The SMILES string of the molecule is O=Cc1cc(O)c(C(F)F)nc1Cl. The van der Waals surface area contributed by atoms with E-state index in [4.69, 9.17) is 16.7 Å². The summed E-state index contributed by atoms with van der Waals surface area (Å²) in [4.78, 5) is 13.4. The Bertz CT molecular complexity index is 344. The summed E-state index contributed by atoms with van der Waals surface area (Å²) in [6, 6.07) is 0.851. The molecule has 0 aliphatic heterocycles. The lowest BCUT2D eigenvalue weighted by Crippen LogP contribution is -1.95. The van der Waals surface area contributed by atoms with E-state index in [1.807, 2.05) is 0 Å². The highest BCUT2D eigenvalue weighted by Crippen LogP contribution is 2.29. The van der Waals surface area contributed by atoms with Crippen molar-refractivity contribution in [2.24, 2.45) is 0 Å². The molecule has 0 atom stereocenters. The van der Waals surface area contributed by atoms with Crippen LogP contribution in [-0.4, -0.2) is 16.4 Å². The molecule has 0 saturated carbocycles. The summed E-state index contributed by atoms with van der Waals surface area (Å²) < 4.78 is 24.1. The molecule has 1 rings (SSSR count). The summed E-state index contributed by atoms with van der Waals surface area (Å²) in [7, 11) is 0. The average Bonchev–Trinajstić information content (AvgIpc) is 2.07. The van der Waals surface area contributed by atoms with E-state index < -0.39 is 17.9 Å². The van der Waals surface area contributed by atoms with E-state index in [1.54, 1.807) is 0 Å². The molecule has 0 aromatic carbocycles. The number of alkyl halides is 2. The molecule has 0 amide bonds. The van der Waals surface area contributed by atoms with E-state index in [1.165, 1.54) is 0 Å². The highest BCUT2D eigenvalue weighted by molar-refractivity contribution is 6.31. The lowest BCUT2D eigenvalue weighted by molar-refractivity contribution is 0.112. The van der Waals surface area contributed by atoms with Crippen molar-refractivity contribution in [1.82, 2.24) is 4.98 Å². The van der Waals surface area contributed by atoms with Gasteiger partial charge in [-0.1, -0.05) is 11.6 Å². The molecule has 0 unspecified atom stereocenters. The molecule has 0 fully saturated rings. The van der Waals surface area contributed by atoms with Crippen LogP contribution >= 0.6 is 11.6 Å². The first-order chi connectivity index (χ1) is 6.06. The molecule has 1 aromatic heterocycles. The largest absolute Gasteiger partial charge is 0.506 e. The number of rotatable bonds is 2. The molecule has 1 heterocycles. The minimum atomic E-state index is -2.92. The van der Waals surface area contributed by atoms with Crippen LogP contribution in [0.5, 0.6) is 5.75 Å². The smallest absolute Gasteiger partial charge is 0.284 e. The molecule has 0 saturated heterocycles. The van der Waals surface area contributed by atoms with Crippen LogP contribution in [0.1, 0.15) is 22.5 Å². The predicted molar refractivity (Wildman–Crippen MR) is 41.3 cm³/mol. The maximum Gasteiger partial charge on any atom is 0.284 e. The van der Waals surface area contributed by atoms with E-state index in [-0.39, 0.29) is 10.7 Å². The third kappa shape index (κ3) is 1.92. The van der Waals surface area contributed by atoms with Crippen molar-refractivity contribution >= 4 is 17.9 Å². The van der Waals surface area contributed by atoms with Crippen LogP contribution in [0.2, 0.25) is 5.15 Å².